The Balaban J connectivity index is 1.56. The summed E-state index contributed by atoms with van der Waals surface area (Å²) in [6.45, 7) is 4.44. The Hall–Kier alpha value is -4.77. The van der Waals surface area contributed by atoms with E-state index in [-0.39, 0.29) is 41.8 Å². The molecule has 0 radical (unpaired) electrons. The molecule has 41 heavy (non-hydrogen) atoms. The van der Waals surface area contributed by atoms with E-state index < -0.39 is 52.0 Å². The van der Waals surface area contributed by atoms with E-state index in [1.807, 2.05) is 30.3 Å². The van der Waals surface area contributed by atoms with Crippen LogP contribution in [0.15, 0.2) is 65.7 Å². The highest BCUT2D eigenvalue weighted by Crippen LogP contribution is 2.54. The van der Waals surface area contributed by atoms with Gasteiger partial charge in [0.25, 0.3) is 5.91 Å². The summed E-state index contributed by atoms with van der Waals surface area (Å²) in [6, 6.07) is 11.3. The number of carbonyl (C=O) groups excluding carboxylic acids is 3. The van der Waals surface area contributed by atoms with Crippen LogP contribution in [0.4, 0.5) is 11.4 Å². The molecule has 0 saturated heterocycles. The van der Waals surface area contributed by atoms with Gasteiger partial charge in [-0.15, -0.1) is 0 Å². The number of aromatic hydroxyl groups is 1. The molecule has 11 heteroatoms. The Morgan fingerprint density at radius 1 is 1.15 bits per heavy atom. The van der Waals surface area contributed by atoms with E-state index in [4.69, 9.17) is 5.73 Å². The Morgan fingerprint density at radius 2 is 1.83 bits per heavy atom. The highest BCUT2D eigenvalue weighted by molar-refractivity contribution is 6.22. The topological polar surface area (TPSA) is 185 Å². The predicted octanol–water partition coefficient (Wildman–Crippen LogP) is 2.16. The van der Waals surface area contributed by atoms with Gasteiger partial charge < -0.3 is 41.7 Å². The number of rotatable bonds is 7. The lowest BCUT2D eigenvalue weighted by molar-refractivity contribution is -0.147. The highest BCUT2D eigenvalue weighted by atomic mass is 16.3. The number of phenols is 1. The minimum Gasteiger partial charge on any atom is -0.508 e. The van der Waals surface area contributed by atoms with Crippen molar-refractivity contribution in [1.29, 1.82) is 0 Å². The molecule has 214 valence electrons. The number of nitrogens with two attached hydrogens (primary N) is 1. The van der Waals surface area contributed by atoms with Crippen molar-refractivity contribution in [2.75, 3.05) is 24.3 Å². The molecule has 3 atom stereocenters. The largest absolute Gasteiger partial charge is 0.508 e. The summed E-state index contributed by atoms with van der Waals surface area (Å²) in [5.74, 6) is -6.30. The summed E-state index contributed by atoms with van der Waals surface area (Å²) in [5.41, 5.74) is 4.09. The number of fused-ring (bicyclic) bond motifs is 3. The van der Waals surface area contributed by atoms with Crippen LogP contribution in [0.5, 0.6) is 5.75 Å². The van der Waals surface area contributed by atoms with Crippen molar-refractivity contribution >= 4 is 34.6 Å². The fraction of sp³-hybridized carbons (Fsp3) is 0.300. The zero-order valence-corrected chi connectivity index (χ0v) is 22.7. The van der Waals surface area contributed by atoms with Crippen LogP contribution in [-0.4, -0.2) is 57.6 Å². The zero-order chi connectivity index (χ0) is 29.8. The molecule has 0 aromatic heterocycles. The molecule has 0 bridgehead atoms. The quantitative estimate of drug-likeness (QED) is 0.195. The smallest absolute Gasteiger partial charge is 0.255 e. The summed E-state index contributed by atoms with van der Waals surface area (Å²) < 4.78 is 0. The Labute approximate surface area is 236 Å². The molecule has 8 N–H and O–H groups in total. The SMILES string of the molecule is C=C(NCc1ccccc1)Nc1cc(N(C)C)c2c(c1O)C(O)=C1C(=O)C3(O)C(O)=C(C(N)=O)C(=O)CC3CC1C2. The van der Waals surface area contributed by atoms with E-state index in [2.05, 4.69) is 17.2 Å². The molecule has 0 heterocycles. The van der Waals surface area contributed by atoms with Gasteiger partial charge in [0.2, 0.25) is 5.78 Å². The van der Waals surface area contributed by atoms with Gasteiger partial charge in [-0.2, -0.15) is 0 Å². The average molecular weight is 561 g/mol. The minimum absolute atomic E-state index is 0.00156. The van der Waals surface area contributed by atoms with Crippen LogP contribution in [0.2, 0.25) is 0 Å². The van der Waals surface area contributed by atoms with Crippen molar-refractivity contribution in [3.63, 3.8) is 0 Å². The first-order chi connectivity index (χ1) is 19.4. The normalized spacial score (nSPS) is 23.4. The number of aliphatic hydroxyl groups excluding tert-OH is 2. The number of hydrogen-bond acceptors (Lipinski definition) is 10. The van der Waals surface area contributed by atoms with Crippen LogP contribution < -0.4 is 21.3 Å². The molecule has 1 amide bonds. The van der Waals surface area contributed by atoms with Gasteiger partial charge in [-0.25, -0.2) is 0 Å². The van der Waals surface area contributed by atoms with E-state index in [0.717, 1.165) is 5.56 Å². The molecule has 5 rings (SSSR count). The second-order valence-corrected chi connectivity index (χ2v) is 10.9. The van der Waals surface area contributed by atoms with Crippen molar-refractivity contribution in [2.45, 2.75) is 31.4 Å². The monoisotopic (exact) mass is 560 g/mol. The first kappa shape index (κ1) is 27.8. The maximum atomic E-state index is 13.8. The van der Waals surface area contributed by atoms with Gasteiger partial charge in [0.1, 0.15) is 22.8 Å². The number of phenolic OH excluding ortho intramolecular Hbond substituents is 1. The molecule has 1 fully saturated rings. The van der Waals surface area contributed by atoms with Gasteiger partial charge in [0.15, 0.2) is 11.4 Å². The number of amides is 1. The Kier molecular flexibility index (Phi) is 6.78. The molecule has 0 aliphatic heterocycles. The number of hydrogen-bond donors (Lipinski definition) is 7. The summed E-state index contributed by atoms with van der Waals surface area (Å²) >= 11 is 0. The molecular formula is C30H32N4O7. The maximum absolute atomic E-state index is 13.8. The van der Waals surface area contributed by atoms with E-state index in [0.29, 0.717) is 23.6 Å². The van der Waals surface area contributed by atoms with E-state index in [1.54, 1.807) is 25.1 Å². The standard InChI is InChI=1S/C30H32N4O7/c1-14(32-13-15-7-5-4-6-8-15)33-19-12-20(34(2)3)18-10-16-9-17-11-21(35)24(29(31)40)28(39)30(17,41)27(38)22(16)26(37)23(18)25(19)36/h4-8,12,16-17,32-33,36-37,39,41H,1,9-11,13H2,2-3H3,(H2,31,40). The van der Waals surface area contributed by atoms with E-state index in [9.17, 15) is 34.8 Å². The maximum Gasteiger partial charge on any atom is 0.255 e. The third-order valence-corrected chi connectivity index (χ3v) is 8.16. The van der Waals surface area contributed by atoms with Crippen molar-refractivity contribution in [3.8, 4) is 5.75 Å². The van der Waals surface area contributed by atoms with Crippen molar-refractivity contribution < 1.29 is 34.8 Å². The fourth-order valence-corrected chi connectivity index (χ4v) is 6.18. The van der Waals surface area contributed by atoms with Gasteiger partial charge in [-0.05, 0) is 36.0 Å². The highest BCUT2D eigenvalue weighted by Gasteiger charge is 2.60. The lowest BCUT2D eigenvalue weighted by Gasteiger charge is -2.46. The third kappa shape index (κ3) is 4.38. The summed E-state index contributed by atoms with van der Waals surface area (Å²) in [6.07, 6.45) is -0.0889. The molecular weight excluding hydrogens is 528 g/mol. The molecule has 0 spiro atoms. The number of nitrogens with one attached hydrogen (secondary N) is 2. The molecule has 3 aliphatic carbocycles. The van der Waals surface area contributed by atoms with Crippen LogP contribution in [0.25, 0.3) is 5.76 Å². The molecule has 1 saturated carbocycles. The second kappa shape index (κ2) is 10.0. The molecule has 3 aliphatic rings. The first-order valence-corrected chi connectivity index (χ1v) is 13.1. The van der Waals surface area contributed by atoms with Gasteiger partial charge in [0.05, 0.1) is 17.1 Å². The number of carbonyl (C=O) groups is 3. The number of nitrogens with zero attached hydrogens (tertiary/aromatic N) is 1. The van der Waals surface area contributed by atoms with E-state index >= 15 is 0 Å². The van der Waals surface area contributed by atoms with Crippen LogP contribution in [0.3, 0.4) is 0 Å². The van der Waals surface area contributed by atoms with Crippen molar-refractivity contribution in [2.24, 2.45) is 17.6 Å². The first-order valence-electron chi connectivity index (χ1n) is 13.1. The van der Waals surface area contributed by atoms with Gasteiger partial charge >= 0.3 is 0 Å². The van der Waals surface area contributed by atoms with Crippen LogP contribution in [-0.2, 0) is 27.3 Å². The van der Waals surface area contributed by atoms with Crippen LogP contribution >= 0.6 is 0 Å². The molecule has 2 aromatic carbocycles. The summed E-state index contributed by atoms with van der Waals surface area (Å²) in [5, 5.41) is 51.2. The lowest BCUT2D eigenvalue weighted by atomic mass is 9.59. The number of primary amides is 1. The van der Waals surface area contributed by atoms with Crippen LogP contribution in [0, 0.1) is 11.8 Å². The van der Waals surface area contributed by atoms with Crippen LogP contribution in [0.1, 0.15) is 29.5 Å². The number of ketones is 2. The van der Waals surface area contributed by atoms with Gasteiger partial charge in [-0.3, -0.25) is 14.4 Å². The third-order valence-electron chi connectivity index (χ3n) is 8.16. The number of anilines is 2. The van der Waals surface area contributed by atoms with Gasteiger partial charge in [0, 0.05) is 44.2 Å². The molecule has 2 aromatic rings. The summed E-state index contributed by atoms with van der Waals surface area (Å²) in [4.78, 5) is 40.0. The average Bonchev–Trinajstić information content (AvgIpc) is 2.91. The van der Waals surface area contributed by atoms with Crippen molar-refractivity contribution in [1.82, 2.24) is 5.32 Å². The number of Topliss-reactive ketones (excluding diaryl/α,β-unsaturated/α-hetero) is 2. The molecule has 11 nitrogen and oxygen atoms in total. The zero-order valence-electron chi connectivity index (χ0n) is 22.7. The second-order valence-electron chi connectivity index (χ2n) is 10.9. The predicted molar refractivity (Wildman–Crippen MR) is 152 cm³/mol. The molecule has 3 unspecified atom stereocenters. The van der Waals surface area contributed by atoms with Crippen molar-refractivity contribution in [3.05, 3.63) is 82.4 Å². The minimum atomic E-state index is -2.61. The summed E-state index contributed by atoms with van der Waals surface area (Å²) in [7, 11) is 3.60. The lowest BCUT2D eigenvalue weighted by Crippen LogP contribution is -2.58. The number of benzene rings is 2. The number of aliphatic hydroxyl groups is 3. The fourth-order valence-electron chi connectivity index (χ4n) is 6.18. The van der Waals surface area contributed by atoms with Gasteiger partial charge in [-0.1, -0.05) is 36.9 Å². The Morgan fingerprint density at radius 3 is 2.46 bits per heavy atom. The van der Waals surface area contributed by atoms with E-state index in [1.165, 1.54) is 0 Å². The Bertz CT molecular complexity index is 1560.